The minimum Gasteiger partial charge on any atom is -0.480 e. The van der Waals surface area contributed by atoms with Crippen LogP contribution in [-0.4, -0.2) is 34.8 Å². The van der Waals surface area contributed by atoms with Gasteiger partial charge in [0.2, 0.25) is 11.8 Å². The zero-order valence-electron chi connectivity index (χ0n) is 11.8. The van der Waals surface area contributed by atoms with Gasteiger partial charge in [0.05, 0.1) is 5.69 Å². The summed E-state index contributed by atoms with van der Waals surface area (Å²) in [6.45, 7) is 1.36. The number of nitrogens with one attached hydrogen (secondary N) is 2. The van der Waals surface area contributed by atoms with Crippen molar-refractivity contribution in [2.45, 2.75) is 25.8 Å². The minimum atomic E-state index is -1.13. The monoisotopic (exact) mass is 305 g/mol. The van der Waals surface area contributed by atoms with Crippen LogP contribution in [0.15, 0.2) is 24.3 Å². The van der Waals surface area contributed by atoms with Crippen LogP contribution in [0.5, 0.6) is 0 Å². The molecule has 0 radical (unpaired) electrons. The Hall–Kier alpha value is -2.90. The Morgan fingerprint density at radius 1 is 1.23 bits per heavy atom. The van der Waals surface area contributed by atoms with E-state index in [0.29, 0.717) is 5.69 Å². The number of carbonyl (C=O) groups excluding carboxylic acids is 3. The second-order valence-corrected chi connectivity index (χ2v) is 4.84. The number of carbonyl (C=O) groups is 4. The van der Waals surface area contributed by atoms with Crippen LogP contribution in [0.1, 0.15) is 30.1 Å². The van der Waals surface area contributed by atoms with Gasteiger partial charge in [-0.25, -0.2) is 5.01 Å². The molecule has 0 unspecified atom stereocenters. The van der Waals surface area contributed by atoms with Crippen LogP contribution in [0, 0.1) is 0 Å². The molecule has 0 spiro atoms. The van der Waals surface area contributed by atoms with Crippen molar-refractivity contribution in [2.75, 3.05) is 5.01 Å². The molecule has 0 aliphatic carbocycles. The lowest BCUT2D eigenvalue weighted by molar-refractivity contribution is -0.138. The molecule has 2 rings (SSSR count). The summed E-state index contributed by atoms with van der Waals surface area (Å²) >= 11 is 0. The normalized spacial score (nSPS) is 16.0. The molecular weight excluding hydrogens is 290 g/mol. The number of hydrazine groups is 1. The van der Waals surface area contributed by atoms with Crippen molar-refractivity contribution in [3.05, 3.63) is 29.8 Å². The fraction of sp³-hybridized carbons (Fsp3) is 0.286. The van der Waals surface area contributed by atoms with Crippen LogP contribution < -0.4 is 15.8 Å². The third kappa shape index (κ3) is 3.40. The lowest BCUT2D eigenvalue weighted by atomic mass is 10.1. The second-order valence-electron chi connectivity index (χ2n) is 4.84. The van der Waals surface area contributed by atoms with Gasteiger partial charge < -0.3 is 10.4 Å². The van der Waals surface area contributed by atoms with E-state index in [1.165, 1.54) is 31.2 Å². The van der Waals surface area contributed by atoms with Gasteiger partial charge in [-0.2, -0.15) is 0 Å². The van der Waals surface area contributed by atoms with Crippen LogP contribution >= 0.6 is 0 Å². The number of hydrogen-bond donors (Lipinski definition) is 3. The highest BCUT2D eigenvalue weighted by Gasteiger charge is 2.24. The highest BCUT2D eigenvalue weighted by atomic mass is 16.4. The lowest BCUT2D eigenvalue weighted by Crippen LogP contribution is -2.50. The van der Waals surface area contributed by atoms with Gasteiger partial charge in [-0.3, -0.25) is 24.6 Å². The van der Waals surface area contributed by atoms with Crippen molar-refractivity contribution < 1.29 is 24.3 Å². The number of amides is 3. The molecule has 1 saturated heterocycles. The molecule has 8 heteroatoms. The summed E-state index contributed by atoms with van der Waals surface area (Å²) in [6.07, 6.45) is 0.285. The Morgan fingerprint density at radius 3 is 2.45 bits per heavy atom. The van der Waals surface area contributed by atoms with Gasteiger partial charge in [0.15, 0.2) is 0 Å². The minimum absolute atomic E-state index is 0.129. The molecule has 0 saturated carbocycles. The first kappa shape index (κ1) is 15.5. The van der Waals surface area contributed by atoms with Crippen LogP contribution in [0.2, 0.25) is 0 Å². The van der Waals surface area contributed by atoms with E-state index in [1.807, 2.05) is 0 Å². The van der Waals surface area contributed by atoms with Crippen LogP contribution in [0.4, 0.5) is 5.69 Å². The second kappa shape index (κ2) is 6.25. The van der Waals surface area contributed by atoms with Gasteiger partial charge >= 0.3 is 5.97 Å². The first-order valence-electron chi connectivity index (χ1n) is 6.64. The van der Waals surface area contributed by atoms with Crippen LogP contribution in [0.25, 0.3) is 0 Å². The highest BCUT2D eigenvalue weighted by Crippen LogP contribution is 2.17. The number of hydrogen-bond acceptors (Lipinski definition) is 4. The Labute approximate surface area is 126 Å². The van der Waals surface area contributed by atoms with E-state index in [9.17, 15) is 19.2 Å². The predicted molar refractivity (Wildman–Crippen MR) is 75.9 cm³/mol. The molecular formula is C14H15N3O5. The number of benzene rings is 1. The van der Waals surface area contributed by atoms with Crippen LogP contribution in [-0.2, 0) is 14.4 Å². The Kier molecular flexibility index (Phi) is 4.40. The summed E-state index contributed by atoms with van der Waals surface area (Å²) in [7, 11) is 0. The first-order chi connectivity index (χ1) is 10.4. The molecule has 3 N–H and O–H groups in total. The number of anilines is 1. The van der Waals surface area contributed by atoms with Crippen molar-refractivity contribution in [3.8, 4) is 0 Å². The SMILES string of the molecule is C[C@@H](NC(=O)c1ccc(N2NC(=O)CCC2=O)cc1)C(=O)O. The zero-order valence-corrected chi connectivity index (χ0v) is 11.8. The van der Waals surface area contributed by atoms with E-state index in [2.05, 4.69) is 10.7 Å². The molecule has 0 aromatic heterocycles. The molecule has 1 aliphatic rings. The molecule has 1 fully saturated rings. The highest BCUT2D eigenvalue weighted by molar-refractivity contribution is 6.02. The number of aliphatic carboxylic acids is 1. The average molecular weight is 305 g/mol. The molecule has 1 aromatic rings. The van der Waals surface area contributed by atoms with E-state index in [1.54, 1.807) is 0 Å². The number of carboxylic acids is 1. The first-order valence-corrected chi connectivity index (χ1v) is 6.64. The fourth-order valence-electron chi connectivity index (χ4n) is 1.89. The van der Waals surface area contributed by atoms with Crippen molar-refractivity contribution >= 4 is 29.4 Å². The fourth-order valence-corrected chi connectivity index (χ4v) is 1.89. The third-order valence-electron chi connectivity index (χ3n) is 3.16. The summed E-state index contributed by atoms with van der Waals surface area (Å²) < 4.78 is 0. The molecule has 3 amide bonds. The quantitative estimate of drug-likeness (QED) is 0.726. The molecule has 116 valence electrons. The van der Waals surface area contributed by atoms with Crippen molar-refractivity contribution in [1.29, 1.82) is 0 Å². The smallest absolute Gasteiger partial charge is 0.325 e. The summed E-state index contributed by atoms with van der Waals surface area (Å²) in [5, 5.41) is 12.2. The maximum Gasteiger partial charge on any atom is 0.325 e. The standard InChI is InChI=1S/C14H15N3O5/c1-8(14(21)22)15-13(20)9-2-4-10(5-3-9)17-12(19)7-6-11(18)16-17/h2-5,8H,6-7H2,1H3,(H,15,20)(H,16,18)(H,21,22)/t8-/m1/s1. The van der Waals surface area contributed by atoms with Gasteiger partial charge in [-0.1, -0.05) is 0 Å². The Balaban J connectivity index is 2.09. The van der Waals surface area contributed by atoms with Gasteiger partial charge in [0.25, 0.3) is 5.91 Å². The molecule has 0 bridgehead atoms. The Morgan fingerprint density at radius 2 is 1.86 bits per heavy atom. The number of carboxylic acid groups (broad SMARTS) is 1. The van der Waals surface area contributed by atoms with Gasteiger partial charge in [0.1, 0.15) is 6.04 Å². The van der Waals surface area contributed by atoms with E-state index in [-0.39, 0.29) is 30.2 Å². The Bertz CT molecular complexity index is 626. The molecule has 1 atom stereocenters. The molecule has 8 nitrogen and oxygen atoms in total. The maximum absolute atomic E-state index is 11.8. The summed E-state index contributed by atoms with van der Waals surface area (Å²) in [5.41, 5.74) is 3.13. The van der Waals surface area contributed by atoms with Gasteiger partial charge in [-0.05, 0) is 31.2 Å². The zero-order chi connectivity index (χ0) is 16.3. The predicted octanol–water partition coefficient (Wildman–Crippen LogP) is 0.0475. The average Bonchev–Trinajstić information content (AvgIpc) is 2.49. The lowest BCUT2D eigenvalue weighted by Gasteiger charge is -2.27. The van der Waals surface area contributed by atoms with Gasteiger partial charge in [0, 0.05) is 18.4 Å². The maximum atomic E-state index is 11.8. The van der Waals surface area contributed by atoms with Crippen molar-refractivity contribution in [3.63, 3.8) is 0 Å². The molecule has 22 heavy (non-hydrogen) atoms. The molecule has 1 aromatic carbocycles. The van der Waals surface area contributed by atoms with E-state index in [0.717, 1.165) is 5.01 Å². The van der Waals surface area contributed by atoms with E-state index in [4.69, 9.17) is 5.11 Å². The third-order valence-corrected chi connectivity index (χ3v) is 3.16. The summed E-state index contributed by atoms with van der Waals surface area (Å²) in [5.74, 6) is -2.16. The van der Waals surface area contributed by atoms with Crippen molar-refractivity contribution in [2.24, 2.45) is 0 Å². The number of rotatable bonds is 4. The topological polar surface area (TPSA) is 116 Å². The van der Waals surface area contributed by atoms with Gasteiger partial charge in [-0.15, -0.1) is 0 Å². The number of nitrogens with zero attached hydrogens (tertiary/aromatic N) is 1. The largest absolute Gasteiger partial charge is 0.480 e. The van der Waals surface area contributed by atoms with E-state index >= 15 is 0 Å². The van der Waals surface area contributed by atoms with E-state index < -0.39 is 17.9 Å². The molecule has 1 aliphatic heterocycles. The van der Waals surface area contributed by atoms with Crippen molar-refractivity contribution in [1.82, 2.24) is 10.7 Å². The summed E-state index contributed by atoms with van der Waals surface area (Å²) in [4.78, 5) is 45.6. The molecule has 1 heterocycles. The van der Waals surface area contributed by atoms with Crippen LogP contribution in [0.3, 0.4) is 0 Å². The summed E-state index contributed by atoms with van der Waals surface area (Å²) in [6, 6.07) is 4.91.